The molecule has 1 heterocycles. The lowest BCUT2D eigenvalue weighted by Gasteiger charge is -2.16. The lowest BCUT2D eigenvalue weighted by molar-refractivity contribution is -0.120. The minimum Gasteiger partial charge on any atom is -0.497 e. The summed E-state index contributed by atoms with van der Waals surface area (Å²) in [7, 11) is 1.50. The van der Waals surface area contributed by atoms with E-state index in [1.54, 1.807) is 24.3 Å². The van der Waals surface area contributed by atoms with Crippen molar-refractivity contribution in [2.45, 2.75) is 0 Å². The van der Waals surface area contributed by atoms with Crippen molar-refractivity contribution in [1.82, 2.24) is 0 Å². The molecule has 0 spiro atoms. The highest BCUT2D eigenvalue weighted by Crippen LogP contribution is 2.35. The number of nitrogens with one attached hydrogen (secondary N) is 1. The summed E-state index contributed by atoms with van der Waals surface area (Å²) in [6.45, 7) is 0. The van der Waals surface area contributed by atoms with Gasteiger partial charge in [0, 0.05) is 11.8 Å². The van der Waals surface area contributed by atoms with E-state index >= 15 is 0 Å². The number of hydrogen-bond donors (Lipinski definition) is 1. The molecular formula is C23H15F3N2O3. The summed E-state index contributed by atoms with van der Waals surface area (Å²) in [5, 5.41) is 2.87. The lowest BCUT2D eigenvalue weighted by Crippen LogP contribution is -2.33. The maximum atomic E-state index is 14.4. The van der Waals surface area contributed by atoms with E-state index in [-0.39, 0.29) is 16.8 Å². The standard InChI is InChI=1S/C23H15F3N2O3/c1-31-17-9-7-16(8-10-17)27-21-20(13-2-4-14(24)5-3-13)22(29)28(23(21)30)19-12-15(25)6-11-18(19)26/h2-12,27H,1H3. The van der Waals surface area contributed by atoms with Crippen LogP contribution in [-0.2, 0) is 9.59 Å². The van der Waals surface area contributed by atoms with Gasteiger partial charge in [0.2, 0.25) is 0 Å². The second-order valence-electron chi connectivity index (χ2n) is 6.65. The van der Waals surface area contributed by atoms with Crippen LogP contribution in [-0.4, -0.2) is 18.9 Å². The topological polar surface area (TPSA) is 58.6 Å². The lowest BCUT2D eigenvalue weighted by atomic mass is 10.0. The molecule has 3 aromatic rings. The van der Waals surface area contributed by atoms with Gasteiger partial charge < -0.3 is 10.1 Å². The number of carbonyl (C=O) groups excluding carboxylic acids is 2. The van der Waals surface area contributed by atoms with Gasteiger partial charge in [-0.15, -0.1) is 0 Å². The number of nitrogens with zero attached hydrogens (tertiary/aromatic N) is 1. The predicted molar refractivity (Wildman–Crippen MR) is 109 cm³/mol. The Morgan fingerprint density at radius 2 is 1.45 bits per heavy atom. The first-order valence-corrected chi connectivity index (χ1v) is 9.14. The summed E-state index contributed by atoms with van der Waals surface area (Å²) in [6.07, 6.45) is 0. The molecular weight excluding hydrogens is 409 g/mol. The van der Waals surface area contributed by atoms with E-state index in [1.807, 2.05) is 0 Å². The predicted octanol–water partition coefficient (Wildman–Crippen LogP) is 4.51. The first kappa shape index (κ1) is 20.2. The monoisotopic (exact) mass is 424 g/mol. The van der Waals surface area contributed by atoms with Crippen LogP contribution >= 0.6 is 0 Å². The van der Waals surface area contributed by atoms with Crippen LogP contribution in [0.25, 0.3) is 5.57 Å². The van der Waals surface area contributed by atoms with Crippen LogP contribution in [0, 0.1) is 17.5 Å². The van der Waals surface area contributed by atoms with Gasteiger partial charge in [0.15, 0.2) is 0 Å². The Labute approximate surface area is 175 Å². The zero-order valence-electron chi connectivity index (χ0n) is 16.2. The minimum absolute atomic E-state index is 0.0931. The van der Waals surface area contributed by atoms with Gasteiger partial charge in [0.05, 0.1) is 18.4 Å². The summed E-state index contributed by atoms with van der Waals surface area (Å²) in [4.78, 5) is 26.9. The molecule has 156 valence electrons. The smallest absolute Gasteiger partial charge is 0.282 e. The van der Waals surface area contributed by atoms with Gasteiger partial charge in [-0.05, 0) is 54.1 Å². The van der Waals surface area contributed by atoms with Crippen LogP contribution < -0.4 is 15.0 Å². The normalized spacial score (nSPS) is 13.7. The molecule has 0 bridgehead atoms. The maximum Gasteiger partial charge on any atom is 0.282 e. The summed E-state index contributed by atoms with van der Waals surface area (Å²) < 4.78 is 46.6. The van der Waals surface area contributed by atoms with Gasteiger partial charge in [-0.3, -0.25) is 9.59 Å². The molecule has 0 aliphatic carbocycles. The molecule has 8 heteroatoms. The maximum absolute atomic E-state index is 14.4. The quantitative estimate of drug-likeness (QED) is 0.613. The molecule has 5 nitrogen and oxygen atoms in total. The SMILES string of the molecule is COc1ccc(NC2=C(c3ccc(F)cc3)C(=O)N(c3cc(F)ccc3F)C2=O)cc1. The number of benzene rings is 3. The van der Waals surface area contributed by atoms with Crippen molar-refractivity contribution in [1.29, 1.82) is 0 Å². The van der Waals surface area contributed by atoms with Gasteiger partial charge in [-0.1, -0.05) is 12.1 Å². The second kappa shape index (κ2) is 7.98. The van der Waals surface area contributed by atoms with Gasteiger partial charge in [-0.2, -0.15) is 0 Å². The Kier molecular flexibility index (Phi) is 5.21. The molecule has 2 amide bonds. The molecule has 1 aliphatic rings. The number of halogens is 3. The van der Waals surface area contributed by atoms with Crippen LogP contribution in [0.3, 0.4) is 0 Å². The van der Waals surface area contributed by atoms with Crippen LogP contribution in [0.5, 0.6) is 5.75 Å². The number of rotatable bonds is 5. The molecule has 0 unspecified atom stereocenters. The Balaban J connectivity index is 1.82. The van der Waals surface area contributed by atoms with Crippen molar-refractivity contribution in [3.8, 4) is 5.75 Å². The third kappa shape index (κ3) is 3.75. The Morgan fingerprint density at radius 3 is 2.10 bits per heavy atom. The van der Waals surface area contributed by atoms with Crippen molar-refractivity contribution in [2.24, 2.45) is 0 Å². The van der Waals surface area contributed by atoms with E-state index in [4.69, 9.17) is 4.74 Å². The zero-order chi connectivity index (χ0) is 22.1. The summed E-state index contributed by atoms with van der Waals surface area (Å²) >= 11 is 0. The van der Waals surface area contributed by atoms with Crippen molar-refractivity contribution in [3.63, 3.8) is 0 Å². The number of hydrogen-bond acceptors (Lipinski definition) is 4. The highest BCUT2D eigenvalue weighted by molar-refractivity contribution is 6.46. The van der Waals surface area contributed by atoms with Crippen molar-refractivity contribution < 1.29 is 27.5 Å². The Morgan fingerprint density at radius 1 is 0.806 bits per heavy atom. The molecule has 3 aromatic carbocycles. The molecule has 0 radical (unpaired) electrons. The first-order valence-electron chi connectivity index (χ1n) is 9.14. The highest BCUT2D eigenvalue weighted by atomic mass is 19.1. The molecule has 1 N–H and O–H groups in total. The molecule has 4 rings (SSSR count). The van der Waals surface area contributed by atoms with Crippen LogP contribution in [0.1, 0.15) is 5.56 Å². The highest BCUT2D eigenvalue weighted by Gasteiger charge is 2.41. The molecule has 0 saturated carbocycles. The average Bonchev–Trinajstić information content (AvgIpc) is 3.00. The minimum atomic E-state index is -0.938. The van der Waals surface area contributed by atoms with Crippen LogP contribution in [0.2, 0.25) is 0 Å². The average molecular weight is 424 g/mol. The number of ether oxygens (including phenoxy) is 1. The fourth-order valence-electron chi connectivity index (χ4n) is 3.22. The van der Waals surface area contributed by atoms with Gasteiger partial charge in [0.25, 0.3) is 11.8 Å². The fraction of sp³-hybridized carbons (Fsp3) is 0.0435. The third-order valence-electron chi connectivity index (χ3n) is 4.73. The van der Waals surface area contributed by atoms with Crippen molar-refractivity contribution in [3.05, 3.63) is 95.4 Å². The van der Waals surface area contributed by atoms with Gasteiger partial charge in [-0.25, -0.2) is 18.1 Å². The molecule has 0 fully saturated rings. The molecule has 31 heavy (non-hydrogen) atoms. The van der Waals surface area contributed by atoms with Crippen LogP contribution in [0.4, 0.5) is 24.5 Å². The zero-order valence-corrected chi connectivity index (χ0v) is 16.2. The first-order chi connectivity index (χ1) is 14.9. The van der Waals surface area contributed by atoms with Gasteiger partial charge >= 0.3 is 0 Å². The van der Waals surface area contributed by atoms with E-state index < -0.39 is 35.0 Å². The van der Waals surface area contributed by atoms with E-state index in [1.165, 1.54) is 19.2 Å². The van der Waals surface area contributed by atoms with Crippen molar-refractivity contribution >= 4 is 28.8 Å². The number of amides is 2. The number of anilines is 2. The number of carbonyl (C=O) groups is 2. The van der Waals surface area contributed by atoms with E-state index in [2.05, 4.69) is 5.32 Å². The summed E-state index contributed by atoms with van der Waals surface area (Å²) in [6, 6.07) is 13.9. The molecule has 0 aromatic heterocycles. The van der Waals surface area contributed by atoms with Crippen LogP contribution in [0.15, 0.2) is 72.4 Å². The van der Waals surface area contributed by atoms with Gasteiger partial charge in [0.1, 0.15) is 28.9 Å². The summed E-state index contributed by atoms with van der Waals surface area (Å²) in [5.74, 6) is -3.43. The number of imide groups is 1. The Bertz CT molecular complexity index is 1210. The van der Waals surface area contributed by atoms with E-state index in [9.17, 15) is 22.8 Å². The number of methoxy groups -OCH3 is 1. The summed E-state index contributed by atoms with van der Waals surface area (Å²) in [5.41, 5.74) is -0.0516. The van der Waals surface area contributed by atoms with E-state index in [0.717, 1.165) is 30.3 Å². The van der Waals surface area contributed by atoms with Crippen molar-refractivity contribution in [2.75, 3.05) is 17.3 Å². The third-order valence-corrected chi connectivity index (χ3v) is 4.73. The van der Waals surface area contributed by atoms with E-state index in [0.29, 0.717) is 16.3 Å². The molecule has 0 saturated heterocycles. The largest absolute Gasteiger partial charge is 0.497 e. The fourth-order valence-corrected chi connectivity index (χ4v) is 3.22. The second-order valence-corrected chi connectivity index (χ2v) is 6.65. The Hall–Kier alpha value is -4.07. The molecule has 1 aliphatic heterocycles. The molecule has 0 atom stereocenters.